The third-order valence-corrected chi connectivity index (χ3v) is 6.79. The molecule has 0 atom stereocenters. The lowest BCUT2D eigenvalue weighted by molar-refractivity contribution is 0.103. The Morgan fingerprint density at radius 1 is 1.14 bits per heavy atom. The summed E-state index contributed by atoms with van der Waals surface area (Å²) in [6, 6.07) is 13.9. The smallest absolute Gasteiger partial charge is 0.282 e. The van der Waals surface area contributed by atoms with E-state index in [1.165, 1.54) is 11.3 Å². The largest absolute Gasteiger partial charge is 0.321 e. The predicted molar refractivity (Wildman–Crippen MR) is 117 cm³/mol. The van der Waals surface area contributed by atoms with E-state index in [9.17, 15) is 9.59 Å². The maximum Gasteiger partial charge on any atom is 0.282 e. The SMILES string of the molecule is Cc1ccc(NC(=O)c2sc3c(c2C)c(=O)nc2n3Cc3ccccc3-2)c(C)c1. The Kier molecular flexibility index (Phi) is 3.93. The Bertz CT molecular complexity index is 1380. The van der Waals surface area contributed by atoms with Crippen molar-refractivity contribution in [3.8, 4) is 11.4 Å². The van der Waals surface area contributed by atoms with Crippen LogP contribution in [0.3, 0.4) is 0 Å². The lowest BCUT2D eigenvalue weighted by atomic mass is 10.1. The number of thiophene rings is 1. The predicted octanol–water partition coefficient (Wildman–Crippen LogP) is 4.66. The molecule has 1 aliphatic heterocycles. The molecular formula is C23H19N3O2S. The zero-order chi connectivity index (χ0) is 20.3. The first kappa shape index (κ1) is 17.8. The maximum absolute atomic E-state index is 13.0. The molecule has 144 valence electrons. The van der Waals surface area contributed by atoms with Gasteiger partial charge in [0.1, 0.15) is 10.7 Å². The summed E-state index contributed by atoms with van der Waals surface area (Å²) in [7, 11) is 0. The summed E-state index contributed by atoms with van der Waals surface area (Å²) in [4.78, 5) is 31.5. The second kappa shape index (κ2) is 6.39. The van der Waals surface area contributed by atoms with Crippen LogP contribution in [0.25, 0.3) is 21.6 Å². The van der Waals surface area contributed by atoms with Crippen molar-refractivity contribution in [2.45, 2.75) is 27.3 Å². The van der Waals surface area contributed by atoms with Crippen LogP contribution in [0, 0.1) is 20.8 Å². The van der Waals surface area contributed by atoms with E-state index in [0.29, 0.717) is 28.2 Å². The molecule has 0 unspecified atom stereocenters. The van der Waals surface area contributed by atoms with E-state index in [1.807, 2.05) is 61.7 Å². The third-order valence-electron chi connectivity index (χ3n) is 5.47. The topological polar surface area (TPSA) is 64.0 Å². The molecule has 2 aromatic carbocycles. The summed E-state index contributed by atoms with van der Waals surface area (Å²) in [5.41, 5.74) is 5.47. The molecule has 1 amide bonds. The van der Waals surface area contributed by atoms with E-state index >= 15 is 0 Å². The number of fused-ring (bicyclic) bond motifs is 5. The van der Waals surface area contributed by atoms with Gasteiger partial charge in [-0.15, -0.1) is 11.3 Å². The van der Waals surface area contributed by atoms with Crippen LogP contribution in [0.5, 0.6) is 0 Å². The van der Waals surface area contributed by atoms with Crippen LogP contribution in [0.15, 0.2) is 47.3 Å². The Labute approximate surface area is 171 Å². The van der Waals surface area contributed by atoms with Crippen molar-refractivity contribution >= 4 is 33.1 Å². The summed E-state index contributed by atoms with van der Waals surface area (Å²) in [5.74, 6) is 0.487. The molecule has 1 N–H and O–H groups in total. The minimum absolute atomic E-state index is 0.195. The van der Waals surface area contributed by atoms with Crippen molar-refractivity contribution in [1.82, 2.24) is 9.55 Å². The number of hydrogen-bond acceptors (Lipinski definition) is 4. The minimum atomic E-state index is -0.276. The van der Waals surface area contributed by atoms with Gasteiger partial charge >= 0.3 is 0 Å². The van der Waals surface area contributed by atoms with Gasteiger partial charge in [0.25, 0.3) is 11.5 Å². The van der Waals surface area contributed by atoms with Crippen LogP contribution in [-0.2, 0) is 6.54 Å². The van der Waals surface area contributed by atoms with Gasteiger partial charge in [-0.25, -0.2) is 0 Å². The fraction of sp³-hybridized carbons (Fsp3) is 0.174. The molecule has 1 aliphatic rings. The second-order valence-electron chi connectivity index (χ2n) is 7.49. The summed E-state index contributed by atoms with van der Waals surface area (Å²) in [6.45, 7) is 6.48. The highest BCUT2D eigenvalue weighted by atomic mass is 32.1. The standard InChI is InChI=1S/C23H19N3O2S/c1-12-8-9-17(13(2)10-12)24-22(28)19-14(3)18-21(27)25-20-16-7-5-4-6-15(16)11-26(20)23(18)29-19/h4-10H,11H2,1-3H3,(H,24,28). The van der Waals surface area contributed by atoms with Crippen LogP contribution in [-0.4, -0.2) is 15.5 Å². The number of nitrogens with zero attached hydrogens (tertiary/aromatic N) is 2. The highest BCUT2D eigenvalue weighted by molar-refractivity contribution is 7.20. The van der Waals surface area contributed by atoms with Gasteiger partial charge < -0.3 is 9.88 Å². The first-order valence-electron chi connectivity index (χ1n) is 9.45. The molecule has 2 aromatic heterocycles. The molecule has 0 fully saturated rings. The van der Waals surface area contributed by atoms with Gasteiger partial charge in [-0.1, -0.05) is 42.0 Å². The first-order chi connectivity index (χ1) is 13.9. The number of benzene rings is 2. The molecular weight excluding hydrogens is 382 g/mol. The molecule has 0 saturated carbocycles. The second-order valence-corrected chi connectivity index (χ2v) is 8.49. The molecule has 0 bridgehead atoms. The van der Waals surface area contributed by atoms with Crippen molar-refractivity contribution in [1.29, 1.82) is 0 Å². The monoisotopic (exact) mass is 401 g/mol. The lowest BCUT2D eigenvalue weighted by Gasteiger charge is -2.08. The highest BCUT2D eigenvalue weighted by Gasteiger charge is 2.26. The number of amides is 1. The fourth-order valence-corrected chi connectivity index (χ4v) is 5.19. The summed E-state index contributed by atoms with van der Waals surface area (Å²) in [6.07, 6.45) is 0. The molecule has 0 saturated heterocycles. The van der Waals surface area contributed by atoms with E-state index in [1.54, 1.807) is 0 Å². The number of rotatable bonds is 2. The van der Waals surface area contributed by atoms with Gasteiger partial charge in [0.15, 0.2) is 0 Å². The minimum Gasteiger partial charge on any atom is -0.321 e. The number of aromatic nitrogens is 2. The molecule has 0 radical (unpaired) electrons. The van der Waals surface area contributed by atoms with E-state index in [-0.39, 0.29) is 11.5 Å². The number of carbonyl (C=O) groups is 1. The number of nitrogens with one attached hydrogen (secondary N) is 1. The van der Waals surface area contributed by atoms with Crippen molar-refractivity contribution in [3.63, 3.8) is 0 Å². The molecule has 4 aromatic rings. The van der Waals surface area contributed by atoms with Crippen molar-refractivity contribution in [3.05, 3.63) is 79.9 Å². The number of anilines is 1. The summed E-state index contributed by atoms with van der Waals surface area (Å²) >= 11 is 1.36. The Morgan fingerprint density at radius 2 is 1.93 bits per heavy atom. The molecule has 3 heterocycles. The number of carbonyl (C=O) groups excluding carboxylic acids is 1. The number of hydrogen-bond donors (Lipinski definition) is 1. The van der Waals surface area contributed by atoms with Crippen molar-refractivity contribution < 1.29 is 4.79 Å². The number of aryl methyl sites for hydroxylation is 3. The van der Waals surface area contributed by atoms with E-state index in [4.69, 9.17) is 0 Å². The van der Waals surface area contributed by atoms with Crippen LogP contribution in [0.4, 0.5) is 5.69 Å². The van der Waals surface area contributed by atoms with Gasteiger partial charge in [0, 0.05) is 11.3 Å². The lowest BCUT2D eigenvalue weighted by Crippen LogP contribution is -2.14. The average molecular weight is 401 g/mol. The Hall–Kier alpha value is -3.25. The zero-order valence-corrected chi connectivity index (χ0v) is 17.2. The van der Waals surface area contributed by atoms with E-state index in [2.05, 4.69) is 16.4 Å². The Morgan fingerprint density at radius 3 is 2.72 bits per heavy atom. The van der Waals surface area contributed by atoms with Crippen molar-refractivity contribution in [2.75, 3.05) is 5.32 Å². The van der Waals surface area contributed by atoms with Gasteiger partial charge in [0.05, 0.1) is 16.8 Å². The maximum atomic E-state index is 13.0. The molecule has 6 heteroatoms. The summed E-state index contributed by atoms with van der Waals surface area (Å²) < 4.78 is 2.05. The highest BCUT2D eigenvalue weighted by Crippen LogP contribution is 2.36. The van der Waals surface area contributed by atoms with Crippen molar-refractivity contribution in [2.24, 2.45) is 0 Å². The van der Waals surface area contributed by atoms with E-state index in [0.717, 1.165) is 32.8 Å². The molecule has 5 nitrogen and oxygen atoms in total. The first-order valence-corrected chi connectivity index (χ1v) is 10.3. The molecule has 29 heavy (non-hydrogen) atoms. The van der Waals surface area contributed by atoms with Crippen LogP contribution in [0.2, 0.25) is 0 Å². The van der Waals surface area contributed by atoms with E-state index < -0.39 is 0 Å². The van der Waals surface area contributed by atoms with Crippen LogP contribution < -0.4 is 10.9 Å². The average Bonchev–Trinajstić information content (AvgIpc) is 3.23. The molecule has 5 rings (SSSR count). The summed E-state index contributed by atoms with van der Waals surface area (Å²) in [5, 5.41) is 3.54. The van der Waals surface area contributed by atoms with Gasteiger partial charge in [-0.05, 0) is 43.5 Å². The van der Waals surface area contributed by atoms with Gasteiger partial charge in [-0.3, -0.25) is 9.59 Å². The Balaban J connectivity index is 1.62. The normalized spacial score (nSPS) is 12.1. The van der Waals surface area contributed by atoms with Crippen LogP contribution >= 0.6 is 11.3 Å². The van der Waals surface area contributed by atoms with Gasteiger partial charge in [-0.2, -0.15) is 4.98 Å². The molecule has 0 spiro atoms. The third kappa shape index (κ3) is 2.71. The van der Waals surface area contributed by atoms with Gasteiger partial charge in [0.2, 0.25) is 0 Å². The quantitative estimate of drug-likeness (QED) is 0.468. The van der Waals surface area contributed by atoms with Crippen LogP contribution in [0.1, 0.15) is 31.9 Å². The zero-order valence-electron chi connectivity index (χ0n) is 16.4. The molecule has 0 aliphatic carbocycles. The fourth-order valence-electron chi connectivity index (χ4n) is 4.00.